The van der Waals surface area contributed by atoms with E-state index in [1.807, 2.05) is 0 Å². The zero-order chi connectivity index (χ0) is 18.9. The topological polar surface area (TPSA) is 142 Å². The fourth-order valence-electron chi connectivity index (χ4n) is 2.46. The molecule has 1 atom stereocenters. The minimum absolute atomic E-state index is 0.0153. The molecule has 1 fully saturated rings. The Morgan fingerprint density at radius 1 is 1.16 bits per heavy atom. The summed E-state index contributed by atoms with van der Waals surface area (Å²) in [6.07, 6.45) is 7.97. The van der Waals surface area contributed by atoms with Crippen LogP contribution < -0.4 is 0 Å². The van der Waals surface area contributed by atoms with Crippen molar-refractivity contribution in [2.75, 3.05) is 0 Å². The van der Waals surface area contributed by atoms with Gasteiger partial charge in [-0.2, -0.15) is 8.42 Å². The molecule has 1 saturated heterocycles. The third kappa shape index (κ3) is 7.30. The second-order valence-electron chi connectivity index (χ2n) is 5.92. The van der Waals surface area contributed by atoms with Gasteiger partial charge >= 0.3 is 5.97 Å². The van der Waals surface area contributed by atoms with E-state index in [0.29, 0.717) is 6.42 Å². The lowest BCUT2D eigenvalue weighted by Crippen LogP contribution is -2.36. The monoisotopic (exact) mass is 376 g/mol. The van der Waals surface area contributed by atoms with Crippen LogP contribution in [0.15, 0.2) is 0 Å². The average Bonchev–Trinajstić information content (AvgIpc) is 2.81. The van der Waals surface area contributed by atoms with Crippen LogP contribution in [0.25, 0.3) is 0 Å². The summed E-state index contributed by atoms with van der Waals surface area (Å²) in [5.41, 5.74) is 0. The molecule has 0 spiro atoms. The van der Waals surface area contributed by atoms with E-state index in [1.54, 1.807) is 0 Å². The SMILES string of the molecule is N=CCCCCCCCCCC(=O)ON1C(=O)CC(S(=O)(=O)O)C1=O. The van der Waals surface area contributed by atoms with Crippen molar-refractivity contribution in [3.8, 4) is 0 Å². The quantitative estimate of drug-likeness (QED) is 0.228. The number of nitrogens with zero attached hydrogens (tertiary/aromatic N) is 1. The molecule has 0 aliphatic carbocycles. The van der Waals surface area contributed by atoms with E-state index in [2.05, 4.69) is 4.84 Å². The predicted octanol–water partition coefficient (Wildman–Crippen LogP) is 1.62. The van der Waals surface area contributed by atoms with Gasteiger partial charge in [-0.15, -0.1) is 5.06 Å². The third-order valence-corrected chi connectivity index (χ3v) is 4.93. The number of carbonyl (C=O) groups excluding carboxylic acids is 3. The molecule has 9 nitrogen and oxygen atoms in total. The summed E-state index contributed by atoms with van der Waals surface area (Å²) in [6, 6.07) is 0. The van der Waals surface area contributed by atoms with Crippen molar-refractivity contribution in [2.24, 2.45) is 0 Å². The number of amides is 2. The maximum Gasteiger partial charge on any atom is 0.333 e. The molecule has 2 N–H and O–H groups in total. The maximum absolute atomic E-state index is 11.7. The van der Waals surface area contributed by atoms with E-state index in [4.69, 9.17) is 9.96 Å². The number of carbonyl (C=O) groups is 3. The Hall–Kier alpha value is -1.81. The standard InChI is InChI=1S/C15H24N2O7S/c16-10-8-6-4-2-1-3-5-7-9-14(19)24-17-13(18)11-12(15(17)20)25(21,22)23/h10,12,16H,1-9,11H2,(H,21,22,23). The van der Waals surface area contributed by atoms with Crippen LogP contribution in [0.1, 0.15) is 64.2 Å². The Bertz CT molecular complexity index is 603. The minimum atomic E-state index is -4.70. The molecule has 1 heterocycles. The van der Waals surface area contributed by atoms with Gasteiger partial charge in [-0.1, -0.05) is 32.1 Å². The zero-order valence-corrected chi connectivity index (χ0v) is 14.8. The normalized spacial score (nSPS) is 17.8. The van der Waals surface area contributed by atoms with Crippen LogP contribution in [-0.2, 0) is 29.3 Å². The maximum atomic E-state index is 11.7. The summed E-state index contributed by atoms with van der Waals surface area (Å²) in [5, 5.41) is 5.13. The first kappa shape index (κ1) is 21.2. The summed E-state index contributed by atoms with van der Waals surface area (Å²) >= 11 is 0. The Balaban J connectivity index is 2.21. The van der Waals surface area contributed by atoms with Gasteiger partial charge in [0.05, 0.1) is 6.42 Å². The fraction of sp³-hybridized carbons (Fsp3) is 0.733. The predicted molar refractivity (Wildman–Crippen MR) is 88.2 cm³/mol. The first-order valence-corrected chi connectivity index (χ1v) is 9.80. The van der Waals surface area contributed by atoms with E-state index in [0.717, 1.165) is 44.9 Å². The van der Waals surface area contributed by atoms with Gasteiger partial charge in [0.15, 0.2) is 5.25 Å². The lowest BCUT2D eigenvalue weighted by atomic mass is 10.1. The Morgan fingerprint density at radius 3 is 2.24 bits per heavy atom. The molecular weight excluding hydrogens is 352 g/mol. The van der Waals surface area contributed by atoms with Crippen molar-refractivity contribution in [1.82, 2.24) is 5.06 Å². The van der Waals surface area contributed by atoms with Crippen molar-refractivity contribution in [1.29, 1.82) is 5.41 Å². The minimum Gasteiger partial charge on any atom is -0.330 e. The molecule has 0 saturated carbocycles. The van der Waals surface area contributed by atoms with Crippen molar-refractivity contribution >= 4 is 34.1 Å². The summed E-state index contributed by atoms with van der Waals surface area (Å²) in [6.45, 7) is 0. The van der Waals surface area contributed by atoms with Gasteiger partial charge in [0.1, 0.15) is 0 Å². The van der Waals surface area contributed by atoms with E-state index >= 15 is 0 Å². The van der Waals surface area contributed by atoms with Gasteiger partial charge in [0.25, 0.3) is 21.9 Å². The number of unbranched alkanes of at least 4 members (excludes halogenated alkanes) is 7. The molecule has 0 bridgehead atoms. The molecule has 0 aromatic heterocycles. The van der Waals surface area contributed by atoms with Crippen LogP contribution in [0.2, 0.25) is 0 Å². The molecule has 1 aliphatic heterocycles. The molecular formula is C15H24N2O7S. The number of rotatable bonds is 12. The molecule has 0 aromatic carbocycles. The van der Waals surface area contributed by atoms with Crippen LogP contribution in [0, 0.1) is 5.41 Å². The van der Waals surface area contributed by atoms with Gasteiger partial charge < -0.3 is 10.2 Å². The zero-order valence-electron chi connectivity index (χ0n) is 14.0. The number of hydrogen-bond donors (Lipinski definition) is 2. The highest BCUT2D eigenvalue weighted by molar-refractivity contribution is 7.87. The summed E-state index contributed by atoms with van der Waals surface area (Å²) in [5.74, 6) is -3.00. The lowest BCUT2D eigenvalue weighted by Gasteiger charge is -2.13. The van der Waals surface area contributed by atoms with Gasteiger partial charge in [-0.25, -0.2) is 4.79 Å². The van der Waals surface area contributed by atoms with Crippen molar-refractivity contribution in [3.63, 3.8) is 0 Å². The van der Waals surface area contributed by atoms with E-state index in [9.17, 15) is 22.8 Å². The van der Waals surface area contributed by atoms with Crippen molar-refractivity contribution in [2.45, 2.75) is 69.5 Å². The molecule has 1 rings (SSSR count). The van der Waals surface area contributed by atoms with Crippen molar-refractivity contribution < 1.29 is 32.2 Å². The van der Waals surface area contributed by atoms with Crippen LogP contribution >= 0.6 is 0 Å². The highest BCUT2D eigenvalue weighted by Gasteiger charge is 2.48. The highest BCUT2D eigenvalue weighted by Crippen LogP contribution is 2.20. The summed E-state index contributed by atoms with van der Waals surface area (Å²) in [7, 11) is -4.70. The number of hydrogen-bond acceptors (Lipinski definition) is 7. The molecule has 0 aromatic rings. The van der Waals surface area contributed by atoms with Gasteiger partial charge in [0, 0.05) is 6.42 Å². The molecule has 2 amide bonds. The van der Waals surface area contributed by atoms with Gasteiger partial charge in [-0.3, -0.25) is 14.1 Å². The van der Waals surface area contributed by atoms with Gasteiger partial charge in [0.2, 0.25) is 0 Å². The van der Waals surface area contributed by atoms with Crippen LogP contribution in [-0.4, -0.2) is 47.3 Å². The van der Waals surface area contributed by atoms with E-state index < -0.39 is 39.6 Å². The van der Waals surface area contributed by atoms with Crippen LogP contribution in [0.3, 0.4) is 0 Å². The first-order chi connectivity index (χ1) is 11.8. The first-order valence-electron chi connectivity index (χ1n) is 8.30. The lowest BCUT2D eigenvalue weighted by molar-refractivity contribution is -0.197. The smallest absolute Gasteiger partial charge is 0.330 e. The van der Waals surface area contributed by atoms with Gasteiger partial charge in [-0.05, 0) is 25.5 Å². The van der Waals surface area contributed by atoms with Crippen molar-refractivity contribution in [3.05, 3.63) is 0 Å². The molecule has 142 valence electrons. The summed E-state index contributed by atoms with van der Waals surface area (Å²) < 4.78 is 30.8. The molecule has 0 radical (unpaired) electrons. The largest absolute Gasteiger partial charge is 0.333 e. The number of nitrogens with one attached hydrogen (secondary N) is 1. The Labute approximate surface area is 146 Å². The molecule has 10 heteroatoms. The Morgan fingerprint density at radius 2 is 1.72 bits per heavy atom. The average molecular weight is 376 g/mol. The van der Waals surface area contributed by atoms with Crippen LogP contribution in [0.5, 0.6) is 0 Å². The summed E-state index contributed by atoms with van der Waals surface area (Å²) in [4.78, 5) is 39.5. The second kappa shape index (κ2) is 10.2. The molecule has 1 unspecified atom stereocenters. The second-order valence-corrected chi connectivity index (χ2v) is 7.51. The van der Waals surface area contributed by atoms with E-state index in [1.165, 1.54) is 6.21 Å². The van der Waals surface area contributed by atoms with Crippen LogP contribution in [0.4, 0.5) is 0 Å². The number of imide groups is 1. The Kier molecular flexibility index (Phi) is 8.70. The van der Waals surface area contributed by atoms with E-state index in [-0.39, 0.29) is 11.5 Å². The third-order valence-electron chi connectivity index (χ3n) is 3.84. The fourth-order valence-corrected chi connectivity index (χ4v) is 3.16. The highest BCUT2D eigenvalue weighted by atomic mass is 32.2. The molecule has 25 heavy (non-hydrogen) atoms. The number of hydroxylamine groups is 2. The molecule has 1 aliphatic rings.